The van der Waals surface area contributed by atoms with E-state index in [4.69, 9.17) is 16.3 Å². The Balaban J connectivity index is 2.03. The minimum absolute atomic E-state index is 0.101. The van der Waals surface area contributed by atoms with Crippen LogP contribution in [-0.2, 0) is 4.74 Å². The van der Waals surface area contributed by atoms with E-state index in [1.807, 2.05) is 12.1 Å². The number of hydrogen-bond acceptors (Lipinski definition) is 3. The van der Waals surface area contributed by atoms with E-state index >= 15 is 0 Å². The van der Waals surface area contributed by atoms with E-state index in [0.29, 0.717) is 17.1 Å². The Kier molecular flexibility index (Phi) is 4.90. The van der Waals surface area contributed by atoms with Gasteiger partial charge in [-0.15, -0.1) is 0 Å². The van der Waals surface area contributed by atoms with Crippen molar-refractivity contribution in [2.75, 3.05) is 26.0 Å². The van der Waals surface area contributed by atoms with Crippen molar-refractivity contribution in [3.63, 3.8) is 0 Å². The minimum atomic E-state index is -0.101. The zero-order valence-corrected chi connectivity index (χ0v) is 12.5. The second-order valence-corrected chi connectivity index (χ2v) is 5.39. The summed E-state index contributed by atoms with van der Waals surface area (Å²) < 4.78 is 5.50. The molecule has 0 spiro atoms. The summed E-state index contributed by atoms with van der Waals surface area (Å²) in [4.78, 5) is 13.5. The zero-order valence-electron chi connectivity index (χ0n) is 11.7. The molecule has 5 heteroatoms. The lowest BCUT2D eigenvalue weighted by Gasteiger charge is -2.20. The predicted molar refractivity (Wildman–Crippen MR) is 81.2 cm³/mol. The van der Waals surface area contributed by atoms with Crippen LogP contribution in [0, 0.1) is 0 Å². The molecule has 4 nitrogen and oxygen atoms in total. The highest BCUT2D eigenvalue weighted by atomic mass is 35.5. The summed E-state index contributed by atoms with van der Waals surface area (Å²) in [5.41, 5.74) is 1.38. The predicted octanol–water partition coefficient (Wildman–Crippen LogP) is 3.15. The third-order valence-corrected chi connectivity index (χ3v) is 3.49. The largest absolute Gasteiger partial charge is 0.497 e. The fourth-order valence-corrected chi connectivity index (χ4v) is 2.21. The van der Waals surface area contributed by atoms with Crippen molar-refractivity contribution >= 4 is 23.2 Å². The Morgan fingerprint density at radius 2 is 2.30 bits per heavy atom. The topological polar surface area (TPSA) is 41.6 Å². The molecule has 1 aliphatic rings. The number of nitrogens with zero attached hydrogens (tertiary/aromatic N) is 1. The lowest BCUT2D eigenvalue weighted by atomic mass is 10.1. The molecule has 0 saturated heterocycles. The van der Waals surface area contributed by atoms with Crippen molar-refractivity contribution in [3.05, 3.63) is 41.1 Å². The summed E-state index contributed by atoms with van der Waals surface area (Å²) >= 11 is 6.07. The molecule has 0 fully saturated rings. The van der Waals surface area contributed by atoms with Gasteiger partial charge in [0.1, 0.15) is 6.10 Å². The highest BCUT2D eigenvalue weighted by Gasteiger charge is 2.14. The molecular formula is C15H19ClN2O2. The summed E-state index contributed by atoms with van der Waals surface area (Å²) in [6.45, 7) is 0.710. The molecule has 0 aromatic heterocycles. The van der Waals surface area contributed by atoms with Crippen LogP contribution >= 0.6 is 11.6 Å². The Labute approximate surface area is 124 Å². The third kappa shape index (κ3) is 3.67. The lowest BCUT2D eigenvalue weighted by Crippen LogP contribution is -2.24. The molecular weight excluding hydrogens is 276 g/mol. The molecule has 1 atom stereocenters. The first-order valence-corrected chi connectivity index (χ1v) is 7.01. The Bertz CT molecular complexity index is 515. The van der Waals surface area contributed by atoms with Gasteiger partial charge in [0.25, 0.3) is 5.91 Å². The Morgan fingerprint density at radius 3 is 2.95 bits per heavy atom. The van der Waals surface area contributed by atoms with Gasteiger partial charge in [-0.1, -0.05) is 11.6 Å². The smallest absolute Gasteiger partial charge is 0.254 e. The SMILES string of the molecule is CN(C)C(=O)c1cc(NCC2CCC=CO2)ccc1Cl. The van der Waals surface area contributed by atoms with Gasteiger partial charge in [0.2, 0.25) is 0 Å². The summed E-state index contributed by atoms with van der Waals surface area (Å²) in [6, 6.07) is 5.39. The fourth-order valence-electron chi connectivity index (χ4n) is 2.01. The second kappa shape index (κ2) is 6.66. The Hall–Kier alpha value is -1.68. The van der Waals surface area contributed by atoms with Gasteiger partial charge >= 0.3 is 0 Å². The van der Waals surface area contributed by atoms with Gasteiger partial charge in [-0.2, -0.15) is 0 Å². The van der Waals surface area contributed by atoms with E-state index in [1.165, 1.54) is 4.90 Å². The van der Waals surface area contributed by atoms with Crippen molar-refractivity contribution in [2.24, 2.45) is 0 Å². The summed E-state index contributed by atoms with van der Waals surface area (Å²) in [5, 5.41) is 3.75. The maximum absolute atomic E-state index is 12.0. The van der Waals surface area contributed by atoms with Crippen molar-refractivity contribution in [1.82, 2.24) is 4.90 Å². The van der Waals surface area contributed by atoms with E-state index in [2.05, 4.69) is 5.32 Å². The van der Waals surface area contributed by atoms with Gasteiger partial charge in [0, 0.05) is 19.8 Å². The number of rotatable bonds is 4. The number of carbonyl (C=O) groups is 1. The summed E-state index contributed by atoms with van der Waals surface area (Å²) in [6.07, 6.45) is 5.98. The quantitative estimate of drug-likeness (QED) is 0.927. The molecule has 108 valence electrons. The molecule has 1 heterocycles. The standard InChI is InChI=1S/C15H19ClN2O2/c1-18(2)15(19)13-9-11(6-7-14(13)16)17-10-12-5-3-4-8-20-12/h4,6-9,12,17H,3,5,10H2,1-2H3. The number of amides is 1. The van der Waals surface area contributed by atoms with Gasteiger partial charge in [0.15, 0.2) is 0 Å². The van der Waals surface area contributed by atoms with E-state index in [1.54, 1.807) is 32.5 Å². The van der Waals surface area contributed by atoms with Crippen LogP contribution in [0.4, 0.5) is 5.69 Å². The highest BCUT2D eigenvalue weighted by molar-refractivity contribution is 6.34. The molecule has 1 aromatic carbocycles. The average molecular weight is 295 g/mol. The van der Waals surface area contributed by atoms with Crippen molar-refractivity contribution in [1.29, 1.82) is 0 Å². The lowest BCUT2D eigenvalue weighted by molar-refractivity contribution is 0.0828. The number of nitrogens with one attached hydrogen (secondary N) is 1. The Morgan fingerprint density at radius 1 is 1.50 bits per heavy atom. The number of halogens is 1. The van der Waals surface area contributed by atoms with Crippen LogP contribution in [0.2, 0.25) is 5.02 Å². The highest BCUT2D eigenvalue weighted by Crippen LogP contribution is 2.22. The van der Waals surface area contributed by atoms with E-state index in [0.717, 1.165) is 18.5 Å². The molecule has 1 unspecified atom stereocenters. The summed E-state index contributed by atoms with van der Waals surface area (Å²) in [7, 11) is 3.42. The summed E-state index contributed by atoms with van der Waals surface area (Å²) in [5.74, 6) is -0.101. The van der Waals surface area contributed by atoms with Crippen LogP contribution in [0.1, 0.15) is 23.2 Å². The molecule has 0 radical (unpaired) electrons. The molecule has 1 N–H and O–H groups in total. The van der Waals surface area contributed by atoms with Crippen LogP contribution < -0.4 is 5.32 Å². The molecule has 20 heavy (non-hydrogen) atoms. The maximum atomic E-state index is 12.0. The molecule has 0 bridgehead atoms. The minimum Gasteiger partial charge on any atom is -0.497 e. The third-order valence-electron chi connectivity index (χ3n) is 3.16. The van der Waals surface area contributed by atoms with Crippen LogP contribution in [0.3, 0.4) is 0 Å². The number of benzene rings is 1. The first-order chi connectivity index (χ1) is 9.58. The monoisotopic (exact) mass is 294 g/mol. The van der Waals surface area contributed by atoms with Crippen LogP contribution in [0.5, 0.6) is 0 Å². The number of allylic oxidation sites excluding steroid dienone is 1. The van der Waals surface area contributed by atoms with E-state index in [-0.39, 0.29) is 12.0 Å². The van der Waals surface area contributed by atoms with Crippen LogP contribution in [0.15, 0.2) is 30.5 Å². The molecule has 2 rings (SSSR count). The normalized spacial score (nSPS) is 17.4. The second-order valence-electron chi connectivity index (χ2n) is 4.98. The van der Waals surface area contributed by atoms with Crippen LogP contribution in [-0.4, -0.2) is 37.6 Å². The number of carbonyl (C=O) groups excluding carboxylic acids is 1. The van der Waals surface area contributed by atoms with Gasteiger partial charge < -0.3 is 15.0 Å². The van der Waals surface area contributed by atoms with Crippen molar-refractivity contribution < 1.29 is 9.53 Å². The average Bonchev–Trinajstić information content (AvgIpc) is 2.46. The fraction of sp³-hybridized carbons (Fsp3) is 0.400. The number of hydrogen-bond donors (Lipinski definition) is 1. The first-order valence-electron chi connectivity index (χ1n) is 6.63. The van der Waals surface area contributed by atoms with E-state index in [9.17, 15) is 4.79 Å². The zero-order chi connectivity index (χ0) is 14.5. The van der Waals surface area contributed by atoms with Gasteiger partial charge in [-0.3, -0.25) is 4.79 Å². The number of ether oxygens (including phenoxy) is 1. The van der Waals surface area contributed by atoms with Crippen molar-refractivity contribution in [3.8, 4) is 0 Å². The van der Waals surface area contributed by atoms with Gasteiger partial charge in [0.05, 0.1) is 23.4 Å². The molecule has 1 aromatic rings. The first kappa shape index (κ1) is 14.7. The molecule has 0 aliphatic carbocycles. The molecule has 1 amide bonds. The van der Waals surface area contributed by atoms with Crippen molar-refractivity contribution in [2.45, 2.75) is 18.9 Å². The van der Waals surface area contributed by atoms with Gasteiger partial charge in [-0.05, 0) is 37.1 Å². The molecule has 0 saturated carbocycles. The number of anilines is 1. The maximum Gasteiger partial charge on any atom is 0.254 e. The van der Waals surface area contributed by atoms with E-state index < -0.39 is 0 Å². The van der Waals surface area contributed by atoms with Crippen LogP contribution in [0.25, 0.3) is 0 Å². The molecule has 1 aliphatic heterocycles. The van der Waals surface area contributed by atoms with Gasteiger partial charge in [-0.25, -0.2) is 0 Å².